The quantitative estimate of drug-likeness (QED) is 0.451. The van der Waals surface area contributed by atoms with Crippen molar-refractivity contribution in [2.45, 2.75) is 71.1 Å². The van der Waals surface area contributed by atoms with Crippen LogP contribution in [0.5, 0.6) is 5.75 Å². The number of rotatable bonds is 12. The van der Waals surface area contributed by atoms with Crippen LogP contribution in [0.3, 0.4) is 0 Å². The van der Waals surface area contributed by atoms with E-state index >= 15 is 0 Å². The molecule has 0 amide bonds. The van der Waals surface area contributed by atoms with Gasteiger partial charge < -0.3 is 10.4 Å². The van der Waals surface area contributed by atoms with Crippen molar-refractivity contribution in [3.8, 4) is 5.75 Å². The molecule has 0 aliphatic carbocycles. The van der Waals surface area contributed by atoms with Crippen molar-refractivity contribution in [2.75, 3.05) is 11.9 Å². The van der Waals surface area contributed by atoms with E-state index in [4.69, 9.17) is 0 Å². The third-order valence-electron chi connectivity index (χ3n) is 4.57. The maximum absolute atomic E-state index is 9.66. The van der Waals surface area contributed by atoms with Gasteiger partial charge in [-0.05, 0) is 30.7 Å². The van der Waals surface area contributed by atoms with Gasteiger partial charge in [-0.1, -0.05) is 64.7 Å². The van der Waals surface area contributed by atoms with Crippen LogP contribution in [-0.4, -0.2) is 16.6 Å². The molecular formula is C21H32N2O. The molecule has 0 aliphatic rings. The van der Waals surface area contributed by atoms with Gasteiger partial charge in [-0.2, -0.15) is 0 Å². The number of anilines is 1. The monoisotopic (exact) mass is 328 g/mol. The number of unbranched alkanes of at least 4 members (excludes halogenated alkanes) is 9. The Balaban J connectivity index is 1.59. The number of aromatic hydroxyl groups is 1. The molecule has 1 aromatic heterocycles. The predicted molar refractivity (Wildman–Crippen MR) is 104 cm³/mol. The van der Waals surface area contributed by atoms with Crippen LogP contribution >= 0.6 is 0 Å². The summed E-state index contributed by atoms with van der Waals surface area (Å²) in [6.07, 6.45) is 15.4. The average molecular weight is 329 g/mol. The van der Waals surface area contributed by atoms with Crippen LogP contribution in [0.25, 0.3) is 10.9 Å². The lowest BCUT2D eigenvalue weighted by atomic mass is 10.1. The molecule has 2 N–H and O–H groups in total. The molecule has 1 aromatic carbocycles. The first kappa shape index (κ1) is 18.6. The number of hydrogen-bond acceptors (Lipinski definition) is 3. The third kappa shape index (κ3) is 6.38. The molecule has 0 aliphatic heterocycles. The molecule has 2 rings (SSSR count). The lowest BCUT2D eigenvalue weighted by Gasteiger charge is -2.09. The maximum atomic E-state index is 9.66. The van der Waals surface area contributed by atoms with E-state index in [0.29, 0.717) is 0 Å². The van der Waals surface area contributed by atoms with Crippen LogP contribution in [0.1, 0.15) is 71.1 Å². The van der Waals surface area contributed by atoms with Gasteiger partial charge in [0.15, 0.2) is 0 Å². The van der Waals surface area contributed by atoms with Gasteiger partial charge in [-0.3, -0.25) is 4.98 Å². The normalized spacial score (nSPS) is 11.0. The van der Waals surface area contributed by atoms with Gasteiger partial charge >= 0.3 is 0 Å². The Kier molecular flexibility index (Phi) is 8.43. The fraction of sp³-hybridized carbons (Fsp3) is 0.571. The van der Waals surface area contributed by atoms with Crippen LogP contribution in [0, 0.1) is 0 Å². The van der Waals surface area contributed by atoms with Crippen molar-refractivity contribution >= 4 is 16.6 Å². The highest BCUT2D eigenvalue weighted by Crippen LogP contribution is 2.25. The standard InChI is InChI=1S/C21H32N2O/c1-2-3-4-5-6-7-8-9-10-11-15-22-21-14-16-23-20-13-12-18(24)17-19(20)21/h12-14,16-17,24H,2-11,15H2,1H3,(H,22,23). The number of fused-ring (bicyclic) bond motifs is 1. The lowest BCUT2D eigenvalue weighted by molar-refractivity contribution is 0.476. The number of nitrogens with one attached hydrogen (secondary N) is 1. The second-order valence-electron chi connectivity index (χ2n) is 6.67. The van der Waals surface area contributed by atoms with Gasteiger partial charge in [0.2, 0.25) is 0 Å². The first-order chi connectivity index (χ1) is 11.8. The SMILES string of the molecule is CCCCCCCCCCCCNc1ccnc2ccc(O)cc12. The van der Waals surface area contributed by atoms with E-state index in [1.165, 1.54) is 64.2 Å². The number of hydrogen-bond donors (Lipinski definition) is 2. The highest BCUT2D eigenvalue weighted by atomic mass is 16.3. The van der Waals surface area contributed by atoms with Gasteiger partial charge in [0.1, 0.15) is 5.75 Å². The van der Waals surface area contributed by atoms with Gasteiger partial charge in [0.25, 0.3) is 0 Å². The summed E-state index contributed by atoms with van der Waals surface area (Å²) in [6, 6.07) is 7.30. The summed E-state index contributed by atoms with van der Waals surface area (Å²) >= 11 is 0. The van der Waals surface area contributed by atoms with Crippen LogP contribution in [-0.2, 0) is 0 Å². The molecular weight excluding hydrogens is 296 g/mol. The fourth-order valence-electron chi connectivity index (χ4n) is 3.12. The zero-order chi connectivity index (χ0) is 17.0. The third-order valence-corrected chi connectivity index (χ3v) is 4.57. The Morgan fingerprint density at radius 3 is 2.25 bits per heavy atom. The van der Waals surface area contributed by atoms with Crippen LogP contribution < -0.4 is 5.32 Å². The van der Waals surface area contributed by atoms with Crippen molar-refractivity contribution in [2.24, 2.45) is 0 Å². The minimum atomic E-state index is 0.289. The molecule has 3 nitrogen and oxygen atoms in total. The Hall–Kier alpha value is -1.77. The molecule has 1 heterocycles. The largest absolute Gasteiger partial charge is 0.508 e. The molecule has 0 spiro atoms. The minimum Gasteiger partial charge on any atom is -0.508 e. The summed E-state index contributed by atoms with van der Waals surface area (Å²) < 4.78 is 0. The molecule has 0 atom stereocenters. The molecule has 3 heteroatoms. The maximum Gasteiger partial charge on any atom is 0.116 e. The predicted octanol–water partition coefficient (Wildman–Crippen LogP) is 6.27. The molecule has 2 aromatic rings. The van der Waals surface area contributed by atoms with E-state index in [-0.39, 0.29) is 5.75 Å². The fourth-order valence-corrected chi connectivity index (χ4v) is 3.12. The van der Waals surface area contributed by atoms with Crippen molar-refractivity contribution in [1.82, 2.24) is 4.98 Å². The first-order valence-corrected chi connectivity index (χ1v) is 9.63. The number of aromatic nitrogens is 1. The van der Waals surface area contributed by atoms with E-state index in [2.05, 4.69) is 17.2 Å². The molecule has 0 saturated carbocycles. The summed E-state index contributed by atoms with van der Waals surface area (Å²) in [5.74, 6) is 0.289. The topological polar surface area (TPSA) is 45.2 Å². The van der Waals surface area contributed by atoms with Crippen molar-refractivity contribution in [3.05, 3.63) is 30.5 Å². The van der Waals surface area contributed by atoms with Crippen molar-refractivity contribution < 1.29 is 5.11 Å². The van der Waals surface area contributed by atoms with Gasteiger partial charge in [-0.25, -0.2) is 0 Å². The molecule has 0 radical (unpaired) electrons. The van der Waals surface area contributed by atoms with Crippen LogP contribution in [0.15, 0.2) is 30.5 Å². The van der Waals surface area contributed by atoms with Crippen LogP contribution in [0.2, 0.25) is 0 Å². The van der Waals surface area contributed by atoms with Gasteiger partial charge in [-0.15, -0.1) is 0 Å². The highest BCUT2D eigenvalue weighted by Gasteiger charge is 2.02. The second kappa shape index (κ2) is 10.9. The number of phenolic OH excluding ortho intramolecular Hbond substituents is 1. The smallest absolute Gasteiger partial charge is 0.116 e. The summed E-state index contributed by atoms with van der Waals surface area (Å²) in [7, 11) is 0. The highest BCUT2D eigenvalue weighted by molar-refractivity contribution is 5.91. The van der Waals surface area contributed by atoms with Crippen LogP contribution in [0.4, 0.5) is 5.69 Å². The van der Waals surface area contributed by atoms with Crippen molar-refractivity contribution in [1.29, 1.82) is 0 Å². The van der Waals surface area contributed by atoms with Gasteiger partial charge in [0.05, 0.1) is 5.52 Å². The zero-order valence-corrected chi connectivity index (χ0v) is 15.1. The molecule has 24 heavy (non-hydrogen) atoms. The Labute approximate surface area is 146 Å². The Morgan fingerprint density at radius 2 is 1.54 bits per heavy atom. The zero-order valence-electron chi connectivity index (χ0n) is 15.1. The first-order valence-electron chi connectivity index (χ1n) is 9.63. The molecule has 0 fully saturated rings. The molecule has 0 bridgehead atoms. The molecule has 0 saturated heterocycles. The number of pyridine rings is 1. The number of benzene rings is 1. The van der Waals surface area contributed by atoms with Crippen molar-refractivity contribution in [3.63, 3.8) is 0 Å². The number of phenols is 1. The Bertz CT molecular complexity index is 597. The van der Waals surface area contributed by atoms with E-state index in [0.717, 1.165) is 23.1 Å². The minimum absolute atomic E-state index is 0.289. The number of nitrogens with zero attached hydrogens (tertiary/aromatic N) is 1. The summed E-state index contributed by atoms with van der Waals surface area (Å²) in [5.41, 5.74) is 1.98. The Morgan fingerprint density at radius 1 is 0.875 bits per heavy atom. The molecule has 132 valence electrons. The second-order valence-corrected chi connectivity index (χ2v) is 6.67. The lowest BCUT2D eigenvalue weighted by Crippen LogP contribution is -2.02. The summed E-state index contributed by atoms with van der Waals surface area (Å²) in [4.78, 5) is 4.34. The van der Waals surface area contributed by atoms with E-state index in [9.17, 15) is 5.11 Å². The van der Waals surface area contributed by atoms with E-state index in [1.54, 1.807) is 12.1 Å². The summed E-state index contributed by atoms with van der Waals surface area (Å²) in [5, 5.41) is 14.1. The summed E-state index contributed by atoms with van der Waals surface area (Å²) in [6.45, 7) is 3.25. The molecule has 0 unspecified atom stereocenters. The van der Waals surface area contributed by atoms with Gasteiger partial charge in [0, 0.05) is 23.8 Å². The van der Waals surface area contributed by atoms with E-state index < -0.39 is 0 Å². The average Bonchev–Trinajstić information content (AvgIpc) is 2.60. The van der Waals surface area contributed by atoms with E-state index in [1.807, 2.05) is 18.3 Å².